The second-order valence-electron chi connectivity index (χ2n) is 5.09. The van der Waals surface area contributed by atoms with E-state index >= 15 is 0 Å². The number of nitrogens with zero attached hydrogens (tertiary/aromatic N) is 1. The number of amides is 1. The van der Waals surface area contributed by atoms with Gasteiger partial charge in [0.2, 0.25) is 5.91 Å². The summed E-state index contributed by atoms with van der Waals surface area (Å²) in [6.07, 6.45) is 1.70. The fraction of sp³-hybridized carbons (Fsp3) is 0.286. The Morgan fingerprint density at radius 2 is 1.95 bits per heavy atom. The molecule has 108 valence electrons. The predicted octanol–water partition coefficient (Wildman–Crippen LogP) is 2.42. The molecule has 0 atom stereocenters. The van der Waals surface area contributed by atoms with Crippen molar-refractivity contribution in [1.82, 2.24) is 10.2 Å². The van der Waals surface area contributed by atoms with Crippen LogP contribution in [0.2, 0.25) is 0 Å². The minimum atomic E-state index is -0.567. The van der Waals surface area contributed by atoms with Gasteiger partial charge in [-0.1, -0.05) is 12.1 Å². The summed E-state index contributed by atoms with van der Waals surface area (Å²) in [7, 11) is 0. The normalized spacial score (nSPS) is 10.8. The first kappa shape index (κ1) is 16.2. The summed E-state index contributed by atoms with van der Waals surface area (Å²) in [5.74, 6) is -0.0794. The lowest BCUT2D eigenvalue weighted by molar-refractivity contribution is -0.123. The molecule has 1 aromatic heterocycles. The fourth-order valence-electron chi connectivity index (χ4n) is 1.54. The first-order valence-corrected chi connectivity index (χ1v) is 6.14. The van der Waals surface area contributed by atoms with Gasteiger partial charge in [-0.3, -0.25) is 9.89 Å². The first-order valence-electron chi connectivity index (χ1n) is 6.14. The van der Waals surface area contributed by atoms with Gasteiger partial charge >= 0.3 is 0 Å². The Balaban J connectivity index is 0.00000200. The lowest BCUT2D eigenvalue weighted by Crippen LogP contribution is -2.37. The smallest absolute Gasteiger partial charge is 0.231 e. The third-order valence-electron chi connectivity index (χ3n) is 3.08. The maximum Gasteiger partial charge on any atom is 0.231 e. The summed E-state index contributed by atoms with van der Waals surface area (Å²) in [4.78, 5) is 12.0. The molecule has 0 aliphatic heterocycles. The Hall–Kier alpha value is -1.85. The number of carbonyl (C=O) groups is 1. The minimum Gasteiger partial charge on any atom is -0.329 e. The number of H-pyrrole nitrogens is 1. The molecule has 2 aromatic rings. The Morgan fingerprint density at radius 3 is 2.45 bits per heavy atom. The molecule has 0 aliphatic rings. The molecule has 0 bridgehead atoms. The molecule has 6 heteroatoms. The van der Waals surface area contributed by atoms with Gasteiger partial charge in [0.1, 0.15) is 0 Å². The molecule has 1 aromatic carbocycles. The van der Waals surface area contributed by atoms with E-state index in [2.05, 4.69) is 15.5 Å². The lowest BCUT2D eigenvalue weighted by atomic mass is 9.92. The predicted molar refractivity (Wildman–Crippen MR) is 82.7 cm³/mol. The number of hydrogen-bond acceptors (Lipinski definition) is 3. The van der Waals surface area contributed by atoms with Crippen LogP contribution >= 0.6 is 12.4 Å². The number of benzene rings is 1. The van der Waals surface area contributed by atoms with E-state index in [1.165, 1.54) is 0 Å². The van der Waals surface area contributed by atoms with Crippen molar-refractivity contribution in [3.05, 3.63) is 36.5 Å². The van der Waals surface area contributed by atoms with Crippen LogP contribution < -0.4 is 11.1 Å². The van der Waals surface area contributed by atoms with E-state index in [1.807, 2.05) is 44.2 Å². The molecular formula is C14H19ClN4O. The van der Waals surface area contributed by atoms with Crippen molar-refractivity contribution in [2.45, 2.75) is 13.8 Å². The third-order valence-corrected chi connectivity index (χ3v) is 3.08. The van der Waals surface area contributed by atoms with E-state index in [1.54, 1.807) is 6.20 Å². The van der Waals surface area contributed by atoms with E-state index in [-0.39, 0.29) is 18.3 Å². The zero-order chi connectivity index (χ0) is 13.9. The summed E-state index contributed by atoms with van der Waals surface area (Å²) in [6.45, 7) is 3.95. The Bertz CT molecular complexity index is 549. The van der Waals surface area contributed by atoms with E-state index < -0.39 is 5.41 Å². The fourth-order valence-corrected chi connectivity index (χ4v) is 1.54. The van der Waals surface area contributed by atoms with E-state index in [9.17, 15) is 4.79 Å². The second kappa shape index (κ2) is 6.54. The van der Waals surface area contributed by atoms with Gasteiger partial charge in [0.05, 0.1) is 11.1 Å². The SMILES string of the molecule is CC(C)(CN)C(=O)Nc1ccc(-c2ccn[nH]2)cc1.Cl. The number of carbonyl (C=O) groups excluding carboxylic acids is 1. The highest BCUT2D eigenvalue weighted by atomic mass is 35.5. The summed E-state index contributed by atoms with van der Waals surface area (Å²) in [6, 6.07) is 9.48. The number of aromatic nitrogens is 2. The van der Waals surface area contributed by atoms with Gasteiger partial charge in [0.25, 0.3) is 0 Å². The van der Waals surface area contributed by atoms with E-state index in [0.717, 1.165) is 16.9 Å². The van der Waals surface area contributed by atoms with Gasteiger partial charge in [0, 0.05) is 18.4 Å². The highest BCUT2D eigenvalue weighted by Crippen LogP contribution is 2.21. The molecule has 0 aliphatic carbocycles. The van der Waals surface area contributed by atoms with Crippen LogP contribution in [0.25, 0.3) is 11.3 Å². The Kier molecular flexibility index (Phi) is 5.30. The second-order valence-corrected chi connectivity index (χ2v) is 5.09. The van der Waals surface area contributed by atoms with Crippen molar-refractivity contribution < 1.29 is 4.79 Å². The monoisotopic (exact) mass is 294 g/mol. The molecule has 1 heterocycles. The standard InChI is InChI=1S/C14H18N4O.ClH/c1-14(2,9-15)13(19)17-11-5-3-10(4-6-11)12-7-8-16-18-12;/h3-8H,9,15H2,1-2H3,(H,16,18)(H,17,19);1H. The first-order chi connectivity index (χ1) is 9.03. The van der Waals surface area contributed by atoms with Crippen LogP contribution in [0, 0.1) is 5.41 Å². The summed E-state index contributed by atoms with van der Waals surface area (Å²) >= 11 is 0. The largest absolute Gasteiger partial charge is 0.329 e. The molecule has 4 N–H and O–H groups in total. The molecule has 20 heavy (non-hydrogen) atoms. The maximum absolute atomic E-state index is 12.0. The van der Waals surface area contributed by atoms with Crippen LogP contribution in [-0.2, 0) is 4.79 Å². The average molecular weight is 295 g/mol. The Labute approximate surface area is 124 Å². The maximum atomic E-state index is 12.0. The third kappa shape index (κ3) is 3.59. The van der Waals surface area contributed by atoms with E-state index in [4.69, 9.17) is 5.73 Å². The van der Waals surface area contributed by atoms with Crippen molar-refractivity contribution in [2.75, 3.05) is 11.9 Å². The Morgan fingerprint density at radius 1 is 1.30 bits per heavy atom. The minimum absolute atomic E-state index is 0. The number of nitrogens with one attached hydrogen (secondary N) is 2. The van der Waals surface area contributed by atoms with Gasteiger partial charge in [-0.2, -0.15) is 5.10 Å². The summed E-state index contributed by atoms with van der Waals surface area (Å²) in [5, 5.41) is 9.66. The number of rotatable bonds is 4. The highest BCUT2D eigenvalue weighted by Gasteiger charge is 2.25. The topological polar surface area (TPSA) is 83.8 Å². The molecule has 0 fully saturated rings. The number of halogens is 1. The zero-order valence-corrected chi connectivity index (χ0v) is 12.3. The van der Waals surface area contributed by atoms with Crippen molar-refractivity contribution in [1.29, 1.82) is 0 Å². The van der Waals surface area contributed by atoms with Crippen LogP contribution in [0.15, 0.2) is 36.5 Å². The number of nitrogens with two attached hydrogens (primary N) is 1. The molecule has 0 saturated carbocycles. The molecular weight excluding hydrogens is 276 g/mol. The van der Waals surface area contributed by atoms with Gasteiger partial charge in [0.15, 0.2) is 0 Å². The van der Waals surface area contributed by atoms with Crippen LogP contribution in [0.3, 0.4) is 0 Å². The number of anilines is 1. The van der Waals surface area contributed by atoms with Crippen molar-refractivity contribution in [3.63, 3.8) is 0 Å². The van der Waals surface area contributed by atoms with Crippen molar-refractivity contribution >= 4 is 24.0 Å². The van der Waals surface area contributed by atoms with Gasteiger partial charge in [-0.15, -0.1) is 12.4 Å². The summed E-state index contributed by atoms with van der Waals surface area (Å²) in [5.41, 5.74) is 7.74. The van der Waals surface area contributed by atoms with E-state index in [0.29, 0.717) is 6.54 Å². The quantitative estimate of drug-likeness (QED) is 0.810. The molecule has 5 nitrogen and oxygen atoms in total. The van der Waals surface area contributed by atoms with Crippen LogP contribution in [-0.4, -0.2) is 22.6 Å². The van der Waals surface area contributed by atoms with Gasteiger partial charge < -0.3 is 11.1 Å². The number of aromatic amines is 1. The average Bonchev–Trinajstić information content (AvgIpc) is 2.93. The molecule has 0 spiro atoms. The van der Waals surface area contributed by atoms with Gasteiger partial charge in [-0.05, 0) is 37.6 Å². The molecule has 0 radical (unpaired) electrons. The van der Waals surface area contributed by atoms with Gasteiger partial charge in [-0.25, -0.2) is 0 Å². The molecule has 0 saturated heterocycles. The molecule has 1 amide bonds. The van der Waals surface area contributed by atoms with Crippen LogP contribution in [0.4, 0.5) is 5.69 Å². The van der Waals surface area contributed by atoms with Crippen molar-refractivity contribution in [2.24, 2.45) is 11.1 Å². The highest BCUT2D eigenvalue weighted by molar-refractivity contribution is 5.95. The molecule has 0 unspecified atom stereocenters. The zero-order valence-electron chi connectivity index (χ0n) is 11.5. The van der Waals surface area contributed by atoms with Crippen LogP contribution in [0.5, 0.6) is 0 Å². The van der Waals surface area contributed by atoms with Crippen molar-refractivity contribution in [3.8, 4) is 11.3 Å². The number of hydrogen-bond donors (Lipinski definition) is 3. The molecule has 2 rings (SSSR count). The van der Waals surface area contributed by atoms with Crippen LogP contribution in [0.1, 0.15) is 13.8 Å². The summed E-state index contributed by atoms with van der Waals surface area (Å²) < 4.78 is 0. The lowest BCUT2D eigenvalue weighted by Gasteiger charge is -2.21.